The van der Waals surface area contributed by atoms with Gasteiger partial charge in [0.15, 0.2) is 5.65 Å². The van der Waals surface area contributed by atoms with E-state index in [-0.39, 0.29) is 0 Å². The van der Waals surface area contributed by atoms with Gasteiger partial charge in [0.25, 0.3) is 0 Å². The highest BCUT2D eigenvalue weighted by atomic mass is 15.3. The van der Waals surface area contributed by atoms with Crippen LogP contribution in [0.5, 0.6) is 0 Å². The molecule has 0 amide bonds. The van der Waals surface area contributed by atoms with Crippen LogP contribution in [0.4, 0.5) is 5.82 Å². The molecule has 0 saturated heterocycles. The number of nitrogens with zero attached hydrogens (tertiary/aromatic N) is 4. The molecule has 0 atom stereocenters. The van der Waals surface area contributed by atoms with Gasteiger partial charge in [0.1, 0.15) is 12.1 Å². The number of rotatable bonds is 3. The van der Waals surface area contributed by atoms with Gasteiger partial charge in [-0.1, -0.05) is 11.6 Å². The van der Waals surface area contributed by atoms with Gasteiger partial charge in [0, 0.05) is 20.1 Å². The molecule has 0 aromatic carbocycles. The fraction of sp³-hybridized carbons (Fsp3) is 0.417. The first-order valence-electron chi connectivity index (χ1n) is 6.10. The predicted molar refractivity (Wildman–Crippen MR) is 70.4 cm³/mol. The molecule has 3 rings (SSSR count). The monoisotopic (exact) mass is 244 g/mol. The summed E-state index contributed by atoms with van der Waals surface area (Å²) >= 11 is 0. The summed E-state index contributed by atoms with van der Waals surface area (Å²) in [6, 6.07) is 0. The van der Waals surface area contributed by atoms with Gasteiger partial charge in [-0.15, -0.1) is 0 Å². The second kappa shape index (κ2) is 4.73. The Labute approximate surface area is 105 Å². The first-order chi connectivity index (χ1) is 8.84. The molecule has 0 fully saturated rings. The summed E-state index contributed by atoms with van der Waals surface area (Å²) < 4.78 is 1.76. The minimum atomic E-state index is 0.836. The highest BCUT2D eigenvalue weighted by molar-refractivity contribution is 5.86. The van der Waals surface area contributed by atoms with E-state index in [0.29, 0.717) is 0 Å². The number of hydrogen-bond acceptors (Lipinski definition) is 5. The molecule has 0 aliphatic carbocycles. The van der Waals surface area contributed by atoms with Crippen molar-refractivity contribution in [3.05, 3.63) is 24.2 Å². The number of hydrogen-bond donors (Lipinski definition) is 2. The van der Waals surface area contributed by atoms with E-state index in [4.69, 9.17) is 0 Å². The van der Waals surface area contributed by atoms with Crippen molar-refractivity contribution < 1.29 is 0 Å². The van der Waals surface area contributed by atoms with Crippen LogP contribution in [0.1, 0.15) is 6.42 Å². The van der Waals surface area contributed by atoms with Crippen LogP contribution in [-0.4, -0.2) is 39.4 Å². The van der Waals surface area contributed by atoms with Crippen molar-refractivity contribution in [1.29, 1.82) is 0 Å². The Kier molecular flexibility index (Phi) is 2.93. The number of nitrogens with one attached hydrogen (secondary N) is 2. The quantitative estimate of drug-likeness (QED) is 0.778. The van der Waals surface area contributed by atoms with Crippen LogP contribution in [0.25, 0.3) is 11.0 Å². The summed E-state index contributed by atoms with van der Waals surface area (Å²) in [7, 11) is 1.88. The Morgan fingerprint density at radius 3 is 3.22 bits per heavy atom. The van der Waals surface area contributed by atoms with Crippen LogP contribution in [0.2, 0.25) is 0 Å². The molecular weight excluding hydrogens is 228 g/mol. The summed E-state index contributed by atoms with van der Waals surface area (Å²) in [5.41, 5.74) is 2.27. The minimum Gasteiger partial charge on any atom is -0.366 e. The van der Waals surface area contributed by atoms with E-state index in [1.54, 1.807) is 17.2 Å². The average Bonchev–Trinajstić information content (AvgIpc) is 2.80. The summed E-state index contributed by atoms with van der Waals surface area (Å²) in [5, 5.41) is 11.8. The maximum absolute atomic E-state index is 4.29. The van der Waals surface area contributed by atoms with Crippen molar-refractivity contribution in [1.82, 2.24) is 25.1 Å². The molecule has 6 heteroatoms. The smallest absolute Gasteiger partial charge is 0.163 e. The van der Waals surface area contributed by atoms with Crippen LogP contribution >= 0.6 is 0 Å². The van der Waals surface area contributed by atoms with Crippen molar-refractivity contribution >= 4 is 16.9 Å². The Morgan fingerprint density at radius 1 is 1.44 bits per heavy atom. The second-order valence-corrected chi connectivity index (χ2v) is 4.40. The Balaban J connectivity index is 1.80. The van der Waals surface area contributed by atoms with Crippen molar-refractivity contribution in [2.24, 2.45) is 7.05 Å². The van der Waals surface area contributed by atoms with Gasteiger partial charge in [-0.25, -0.2) is 9.97 Å². The molecule has 6 nitrogen and oxygen atoms in total. The highest BCUT2D eigenvalue weighted by Gasteiger charge is 2.08. The first-order valence-corrected chi connectivity index (χ1v) is 6.10. The highest BCUT2D eigenvalue weighted by Crippen LogP contribution is 2.18. The number of anilines is 1. The van der Waals surface area contributed by atoms with Crippen molar-refractivity contribution in [3.63, 3.8) is 0 Å². The summed E-state index contributed by atoms with van der Waals surface area (Å²) in [4.78, 5) is 8.51. The molecular formula is C12H16N6. The Bertz CT molecular complexity index is 585. The topological polar surface area (TPSA) is 67.7 Å². The molecule has 2 N–H and O–H groups in total. The van der Waals surface area contributed by atoms with E-state index in [1.165, 1.54) is 5.57 Å². The molecule has 0 saturated carbocycles. The molecule has 2 aromatic rings. The van der Waals surface area contributed by atoms with Crippen LogP contribution in [-0.2, 0) is 7.05 Å². The lowest BCUT2D eigenvalue weighted by molar-refractivity contribution is 0.698. The normalized spacial score (nSPS) is 15.7. The van der Waals surface area contributed by atoms with E-state index >= 15 is 0 Å². The molecule has 0 spiro atoms. The molecule has 0 unspecified atom stereocenters. The van der Waals surface area contributed by atoms with Crippen LogP contribution < -0.4 is 10.6 Å². The van der Waals surface area contributed by atoms with E-state index < -0.39 is 0 Å². The van der Waals surface area contributed by atoms with Gasteiger partial charge in [0.2, 0.25) is 0 Å². The number of aryl methyl sites for hydroxylation is 1. The third-order valence-corrected chi connectivity index (χ3v) is 3.17. The van der Waals surface area contributed by atoms with E-state index in [1.807, 2.05) is 7.05 Å². The standard InChI is InChI=1S/C12H16N6/c1-18-12-10(7-17-18)11(15-8-16-12)14-6-9-2-4-13-5-3-9/h2,7-8,13H,3-6H2,1H3,(H,14,15,16). The number of fused-ring (bicyclic) bond motifs is 1. The average molecular weight is 244 g/mol. The third kappa shape index (κ3) is 2.06. The number of aromatic nitrogens is 4. The molecule has 0 bridgehead atoms. The first kappa shape index (κ1) is 11.2. The Morgan fingerprint density at radius 2 is 2.39 bits per heavy atom. The lowest BCUT2D eigenvalue weighted by Crippen LogP contribution is -2.23. The largest absolute Gasteiger partial charge is 0.366 e. The lowest BCUT2D eigenvalue weighted by Gasteiger charge is -2.14. The maximum Gasteiger partial charge on any atom is 0.163 e. The zero-order valence-electron chi connectivity index (χ0n) is 10.3. The zero-order chi connectivity index (χ0) is 12.4. The fourth-order valence-electron chi connectivity index (χ4n) is 2.13. The second-order valence-electron chi connectivity index (χ2n) is 4.40. The van der Waals surface area contributed by atoms with Gasteiger partial charge < -0.3 is 10.6 Å². The van der Waals surface area contributed by atoms with Gasteiger partial charge in [-0.2, -0.15) is 5.10 Å². The van der Waals surface area contributed by atoms with Gasteiger partial charge in [0.05, 0.1) is 11.6 Å². The fourth-order valence-corrected chi connectivity index (χ4v) is 2.13. The van der Waals surface area contributed by atoms with Crippen LogP contribution in [0, 0.1) is 0 Å². The third-order valence-electron chi connectivity index (χ3n) is 3.17. The van der Waals surface area contributed by atoms with E-state index in [9.17, 15) is 0 Å². The molecule has 3 heterocycles. The Hall–Kier alpha value is -1.95. The molecule has 2 aromatic heterocycles. The molecule has 1 aliphatic heterocycles. The molecule has 0 radical (unpaired) electrons. The van der Waals surface area contributed by atoms with Crippen molar-refractivity contribution in [3.8, 4) is 0 Å². The SMILES string of the molecule is Cn1ncc2c(NCC3=CCNCC3)ncnc21. The van der Waals surface area contributed by atoms with Crippen molar-refractivity contribution in [2.75, 3.05) is 25.0 Å². The lowest BCUT2D eigenvalue weighted by atomic mass is 10.1. The predicted octanol–water partition coefficient (Wildman–Crippen LogP) is 0.695. The van der Waals surface area contributed by atoms with Gasteiger partial charge >= 0.3 is 0 Å². The van der Waals surface area contributed by atoms with Gasteiger partial charge in [-0.05, 0) is 13.0 Å². The van der Waals surface area contributed by atoms with Gasteiger partial charge in [-0.3, -0.25) is 4.68 Å². The van der Waals surface area contributed by atoms with E-state index in [2.05, 4.69) is 31.8 Å². The summed E-state index contributed by atoms with van der Waals surface area (Å²) in [5.74, 6) is 0.854. The van der Waals surface area contributed by atoms with Crippen LogP contribution in [0.15, 0.2) is 24.2 Å². The summed E-state index contributed by atoms with van der Waals surface area (Å²) in [6.45, 7) is 2.85. The van der Waals surface area contributed by atoms with E-state index in [0.717, 1.165) is 42.9 Å². The zero-order valence-corrected chi connectivity index (χ0v) is 10.3. The van der Waals surface area contributed by atoms with Crippen molar-refractivity contribution in [2.45, 2.75) is 6.42 Å². The molecule has 1 aliphatic rings. The maximum atomic E-state index is 4.29. The summed E-state index contributed by atoms with van der Waals surface area (Å²) in [6.07, 6.45) is 6.70. The molecule has 94 valence electrons. The van der Waals surface area contributed by atoms with Crippen LogP contribution in [0.3, 0.4) is 0 Å². The molecule has 18 heavy (non-hydrogen) atoms. The minimum absolute atomic E-state index is 0.836.